The van der Waals surface area contributed by atoms with E-state index in [0.717, 1.165) is 17.9 Å². The largest absolute Gasteiger partial charge is 0.472 e. The first-order chi connectivity index (χ1) is 25.6. The van der Waals surface area contributed by atoms with Crippen LogP contribution in [0.15, 0.2) is 76.0 Å². The lowest BCUT2D eigenvalue weighted by molar-refractivity contribution is -0.383. The highest BCUT2D eigenvalue weighted by molar-refractivity contribution is 7.47. The van der Waals surface area contributed by atoms with Crippen LogP contribution in [0, 0.1) is 10.1 Å². The van der Waals surface area contributed by atoms with Crippen molar-refractivity contribution in [3.05, 3.63) is 70.8 Å². The zero-order chi connectivity index (χ0) is 38.5. The van der Waals surface area contributed by atoms with Gasteiger partial charge in [-0.05, 0) is 82.3 Å². The molecule has 2 atom stereocenters. The number of aliphatic hydroxyl groups excluding tert-OH is 1. The first-order valence-corrected chi connectivity index (χ1v) is 19.3. The molecule has 0 spiro atoms. The molecule has 0 aromatic heterocycles. The number of hydrogen-bond donors (Lipinski definition) is 3. The second-order valence-corrected chi connectivity index (χ2v) is 13.4. The van der Waals surface area contributed by atoms with E-state index < -0.39 is 18.8 Å². The second-order valence-electron chi connectivity index (χ2n) is 12.0. The molecule has 3 rings (SSSR count). The van der Waals surface area contributed by atoms with E-state index in [1.807, 2.05) is 37.3 Å². The molecular formula is C36H51N6O10P. The van der Waals surface area contributed by atoms with Crippen LogP contribution in [0.3, 0.4) is 0 Å². The number of nitro benzene ring substituents is 1. The number of benzene rings is 3. The molecule has 17 heteroatoms. The van der Waals surface area contributed by atoms with Crippen molar-refractivity contribution < 1.29 is 42.9 Å². The first kappa shape index (κ1) is 43.1. The van der Waals surface area contributed by atoms with Gasteiger partial charge in [-0.15, -0.1) is 5.11 Å². The average Bonchev–Trinajstić information content (AvgIpc) is 3.15. The van der Waals surface area contributed by atoms with Gasteiger partial charge in [-0.25, -0.2) is 4.57 Å². The molecule has 53 heavy (non-hydrogen) atoms. The summed E-state index contributed by atoms with van der Waals surface area (Å²) in [5.74, 6) is -0.0688. The number of likely N-dealkylation sites (N-methyl/N-ethyl adjacent to an activating group) is 1. The van der Waals surface area contributed by atoms with E-state index >= 15 is 0 Å². The number of anilines is 1. The monoisotopic (exact) mass is 758 g/mol. The topological polar surface area (TPSA) is 207 Å². The number of nitro groups is 1. The first-order valence-electron chi connectivity index (χ1n) is 17.8. The van der Waals surface area contributed by atoms with E-state index in [1.54, 1.807) is 31.2 Å². The lowest BCUT2D eigenvalue weighted by Gasteiger charge is -2.22. The average molecular weight is 759 g/mol. The van der Waals surface area contributed by atoms with Crippen molar-refractivity contribution in [2.45, 2.75) is 65.4 Å². The van der Waals surface area contributed by atoms with Crippen LogP contribution < -0.4 is 10.2 Å². The molecule has 0 aliphatic carbocycles. The smallest absolute Gasteiger partial charge is 0.396 e. The predicted molar refractivity (Wildman–Crippen MR) is 203 cm³/mol. The zero-order valence-corrected chi connectivity index (χ0v) is 31.5. The molecule has 0 saturated carbocycles. The maximum atomic E-state index is 12.2. The minimum Gasteiger partial charge on any atom is -0.396 e. The Hall–Kier alpha value is -4.31. The number of azo groups is 1. The van der Waals surface area contributed by atoms with E-state index in [4.69, 9.17) is 23.7 Å². The number of hydrogen-bond acceptors (Lipinski definition) is 13. The van der Waals surface area contributed by atoms with E-state index in [-0.39, 0.29) is 37.8 Å². The molecule has 0 saturated heterocycles. The summed E-state index contributed by atoms with van der Waals surface area (Å²) in [4.78, 5) is 40.6. The molecule has 0 radical (unpaired) electrons. The van der Waals surface area contributed by atoms with Gasteiger partial charge in [-0.1, -0.05) is 30.3 Å². The maximum Gasteiger partial charge on any atom is 0.472 e. The number of oxime groups is 1. The Bertz CT molecular complexity index is 1690. The second kappa shape index (κ2) is 23.4. The number of carbonyl (C=O) groups excluding carboxylic acids is 1. The number of fused-ring (bicyclic) bond motifs is 1. The van der Waals surface area contributed by atoms with Gasteiger partial charge in [0.1, 0.15) is 6.61 Å². The predicted octanol–water partition coefficient (Wildman–Crippen LogP) is 7.37. The van der Waals surface area contributed by atoms with Gasteiger partial charge in [0.2, 0.25) is 5.91 Å². The van der Waals surface area contributed by atoms with Crippen LogP contribution in [-0.4, -0.2) is 85.3 Å². The van der Waals surface area contributed by atoms with Crippen LogP contribution in [0.2, 0.25) is 0 Å². The Morgan fingerprint density at radius 1 is 0.981 bits per heavy atom. The number of phosphoric acid groups is 1. The maximum absolute atomic E-state index is 12.2. The standard InChI is InChI=1S/C36H51N6O10P/c1-4-31(52-53(47,48)51-25-10-23-43)27-49-24-9-21-37-36(44)14-8-11-28(3)40-50-26-22-41(5-2)30-17-15-29(16-18-30)38-39-34-19-20-35(42(45)46)33-13-7-6-12-32(33)34/h6-7,12-13,15-20,31,43H,4-5,8-11,14,21-27H2,1-3H3,(H,37,44)(H,47,48)/b39-38?,40-28+. The van der Waals surface area contributed by atoms with E-state index in [2.05, 4.69) is 32.5 Å². The summed E-state index contributed by atoms with van der Waals surface area (Å²) in [6.45, 7) is 8.14. The fraction of sp³-hybridized carbons (Fsp3) is 0.500. The van der Waals surface area contributed by atoms with Gasteiger partial charge in [-0.3, -0.25) is 24.0 Å². The van der Waals surface area contributed by atoms with Crippen molar-refractivity contribution in [2.75, 3.05) is 57.6 Å². The molecule has 0 bridgehead atoms. The van der Waals surface area contributed by atoms with Crippen molar-refractivity contribution in [3.8, 4) is 0 Å². The van der Waals surface area contributed by atoms with Gasteiger partial charge in [0, 0.05) is 49.9 Å². The van der Waals surface area contributed by atoms with Gasteiger partial charge in [0.05, 0.1) is 53.3 Å². The Balaban J connectivity index is 1.30. The quantitative estimate of drug-likeness (QED) is 0.0184. The summed E-state index contributed by atoms with van der Waals surface area (Å²) in [6, 6.07) is 17.7. The van der Waals surface area contributed by atoms with Gasteiger partial charge in [0.25, 0.3) is 5.69 Å². The molecule has 0 aliphatic heterocycles. The number of aliphatic hydroxyl groups is 1. The third-order valence-electron chi connectivity index (χ3n) is 7.95. The number of rotatable bonds is 26. The van der Waals surface area contributed by atoms with Crippen LogP contribution in [0.5, 0.6) is 0 Å². The Kier molecular flexibility index (Phi) is 19.0. The summed E-state index contributed by atoms with van der Waals surface area (Å²) in [6.07, 6.45) is 2.25. The molecule has 1 amide bonds. The molecular weight excluding hydrogens is 707 g/mol. The number of phosphoric ester groups is 1. The minimum absolute atomic E-state index is 0.0276. The molecule has 2 unspecified atom stereocenters. The Morgan fingerprint density at radius 2 is 1.74 bits per heavy atom. The van der Waals surface area contributed by atoms with Crippen molar-refractivity contribution >= 4 is 53.0 Å². The summed E-state index contributed by atoms with van der Waals surface area (Å²) < 4.78 is 27.4. The molecule has 0 heterocycles. The SMILES string of the molecule is CCC(COCCCNC(=O)CCC/C(C)=N/OCCN(CC)c1ccc(N=Nc2ccc([N+](=O)[O-])c3ccccc23)cc1)OP(=O)(O)OCCCO. The molecule has 16 nitrogen and oxygen atoms in total. The van der Waals surface area contributed by atoms with Crippen molar-refractivity contribution in [1.29, 1.82) is 0 Å². The highest BCUT2D eigenvalue weighted by Crippen LogP contribution is 2.45. The Morgan fingerprint density at radius 3 is 2.43 bits per heavy atom. The van der Waals surface area contributed by atoms with Gasteiger partial charge >= 0.3 is 7.82 Å². The van der Waals surface area contributed by atoms with E-state index in [1.165, 1.54) is 6.07 Å². The van der Waals surface area contributed by atoms with Crippen LogP contribution in [0.4, 0.5) is 22.7 Å². The summed E-state index contributed by atoms with van der Waals surface area (Å²) in [5, 5.41) is 37.1. The van der Waals surface area contributed by atoms with Crippen molar-refractivity contribution in [1.82, 2.24) is 5.32 Å². The number of amides is 1. The van der Waals surface area contributed by atoms with Gasteiger partial charge in [-0.2, -0.15) is 5.11 Å². The molecule has 0 fully saturated rings. The van der Waals surface area contributed by atoms with Crippen LogP contribution >= 0.6 is 7.82 Å². The van der Waals surface area contributed by atoms with Crippen LogP contribution in [0.25, 0.3) is 10.8 Å². The number of ether oxygens (including phenoxy) is 1. The highest BCUT2D eigenvalue weighted by Gasteiger charge is 2.25. The molecule has 3 aromatic carbocycles. The van der Waals surface area contributed by atoms with Crippen LogP contribution in [-0.2, 0) is 28.0 Å². The fourth-order valence-corrected chi connectivity index (χ4v) is 6.08. The van der Waals surface area contributed by atoms with Crippen LogP contribution in [0.1, 0.15) is 59.3 Å². The fourth-order valence-electron chi connectivity index (χ4n) is 5.07. The molecule has 3 N–H and O–H groups in total. The van der Waals surface area contributed by atoms with E-state index in [0.29, 0.717) is 80.6 Å². The number of non-ortho nitro benzene ring substituents is 1. The molecule has 0 aliphatic rings. The van der Waals surface area contributed by atoms with Gasteiger partial charge in [0.15, 0.2) is 0 Å². The van der Waals surface area contributed by atoms with Gasteiger partial charge < -0.3 is 29.8 Å². The van der Waals surface area contributed by atoms with E-state index in [9.17, 15) is 24.4 Å². The summed E-state index contributed by atoms with van der Waals surface area (Å²) in [5.41, 5.74) is 3.01. The normalized spacial score (nSPS) is 13.6. The highest BCUT2D eigenvalue weighted by atomic mass is 31.2. The molecule has 3 aromatic rings. The van der Waals surface area contributed by atoms with Crippen molar-refractivity contribution in [2.24, 2.45) is 15.4 Å². The van der Waals surface area contributed by atoms with Crippen molar-refractivity contribution in [3.63, 3.8) is 0 Å². The molecule has 290 valence electrons. The number of nitrogens with one attached hydrogen (secondary N) is 1. The summed E-state index contributed by atoms with van der Waals surface area (Å²) >= 11 is 0. The third kappa shape index (κ3) is 15.7. The lowest BCUT2D eigenvalue weighted by atomic mass is 10.1. The minimum atomic E-state index is -4.21. The summed E-state index contributed by atoms with van der Waals surface area (Å²) in [7, 11) is -4.21. The lowest BCUT2D eigenvalue weighted by Crippen LogP contribution is -2.26. The zero-order valence-electron chi connectivity index (χ0n) is 30.6. The Labute approximate surface area is 309 Å². The number of carbonyl (C=O) groups is 1. The number of nitrogens with zero attached hydrogens (tertiary/aromatic N) is 5. The third-order valence-corrected chi connectivity index (χ3v) is 9.02.